The van der Waals surface area contributed by atoms with Gasteiger partial charge in [-0.2, -0.15) is 4.31 Å². The lowest BCUT2D eigenvalue weighted by atomic mass is 9.97. The number of carbonyl (C=O) groups excluding carboxylic acids is 2. The van der Waals surface area contributed by atoms with E-state index in [9.17, 15) is 18.0 Å². The fourth-order valence-corrected chi connectivity index (χ4v) is 4.87. The normalized spacial score (nSPS) is 15.3. The maximum Gasteiger partial charge on any atom is 0.374 e. The first kappa shape index (κ1) is 23.8. The molecule has 1 aromatic carbocycles. The van der Waals surface area contributed by atoms with Gasteiger partial charge in [-0.15, -0.1) is 0 Å². The summed E-state index contributed by atoms with van der Waals surface area (Å²) in [7, 11) is -3.87. The average molecular weight is 464 g/mol. The molecule has 0 radical (unpaired) electrons. The van der Waals surface area contributed by atoms with Gasteiger partial charge < -0.3 is 19.8 Å². The second-order valence-electron chi connectivity index (χ2n) is 7.45. The fourth-order valence-electron chi connectivity index (χ4n) is 3.49. The number of para-hydroxylation sites is 1. The summed E-state index contributed by atoms with van der Waals surface area (Å²) in [5, 5.41) is 5.93. The molecular weight excluding hydrogens is 434 g/mol. The molecule has 0 bridgehead atoms. The maximum atomic E-state index is 12.8. The van der Waals surface area contributed by atoms with E-state index in [1.54, 1.807) is 6.92 Å². The van der Waals surface area contributed by atoms with Crippen molar-refractivity contribution in [2.24, 2.45) is 5.92 Å². The number of anilines is 1. The molecule has 1 fully saturated rings. The highest BCUT2D eigenvalue weighted by molar-refractivity contribution is 7.89. The summed E-state index contributed by atoms with van der Waals surface area (Å²) in [6.45, 7) is 3.55. The Kier molecular flexibility index (Phi) is 8.29. The molecule has 2 aromatic rings. The van der Waals surface area contributed by atoms with Crippen LogP contribution in [0.2, 0.25) is 0 Å². The first-order valence-corrected chi connectivity index (χ1v) is 12.2. The van der Waals surface area contributed by atoms with E-state index in [0.29, 0.717) is 19.4 Å². The minimum absolute atomic E-state index is 0.0515. The fraction of sp³-hybridized carbons (Fsp3) is 0.455. The lowest BCUT2D eigenvalue weighted by molar-refractivity contribution is -0.126. The van der Waals surface area contributed by atoms with E-state index in [2.05, 4.69) is 10.6 Å². The standard InChI is InChI=1S/C22H29N3O6S/c1-2-30-22(27)19-9-10-20(31-19)32(28,29)25-15-11-17(12-16-25)21(26)24-14-6-13-23-18-7-4-3-5-8-18/h3-5,7-10,17,23H,2,6,11-16H2,1H3,(H,24,26). The van der Waals surface area contributed by atoms with E-state index in [1.807, 2.05) is 30.3 Å². The van der Waals surface area contributed by atoms with Gasteiger partial charge in [-0.25, -0.2) is 13.2 Å². The molecule has 1 aliphatic rings. The highest BCUT2D eigenvalue weighted by atomic mass is 32.2. The van der Waals surface area contributed by atoms with Crippen molar-refractivity contribution in [1.29, 1.82) is 0 Å². The van der Waals surface area contributed by atoms with Gasteiger partial charge in [0.15, 0.2) is 0 Å². The Morgan fingerprint density at radius 3 is 2.50 bits per heavy atom. The van der Waals surface area contributed by atoms with E-state index < -0.39 is 16.0 Å². The lowest BCUT2D eigenvalue weighted by Crippen LogP contribution is -2.43. The van der Waals surface area contributed by atoms with Crippen LogP contribution < -0.4 is 10.6 Å². The van der Waals surface area contributed by atoms with Gasteiger partial charge in [-0.05, 0) is 50.5 Å². The molecule has 1 aromatic heterocycles. The van der Waals surface area contributed by atoms with Crippen LogP contribution in [0.5, 0.6) is 0 Å². The van der Waals surface area contributed by atoms with Crippen LogP contribution in [0, 0.1) is 5.92 Å². The molecule has 3 rings (SSSR count). The number of hydrogen-bond acceptors (Lipinski definition) is 7. The quantitative estimate of drug-likeness (QED) is 0.410. The van der Waals surface area contributed by atoms with E-state index >= 15 is 0 Å². The maximum absolute atomic E-state index is 12.8. The largest absolute Gasteiger partial charge is 0.460 e. The second kappa shape index (κ2) is 11.1. The van der Waals surface area contributed by atoms with Crippen molar-refractivity contribution in [2.45, 2.75) is 31.3 Å². The molecule has 9 nitrogen and oxygen atoms in total. The van der Waals surface area contributed by atoms with Crippen LogP contribution >= 0.6 is 0 Å². The smallest absolute Gasteiger partial charge is 0.374 e. The molecule has 0 aliphatic carbocycles. The van der Waals surface area contributed by atoms with E-state index in [1.165, 1.54) is 16.4 Å². The number of sulfonamides is 1. The zero-order valence-corrected chi connectivity index (χ0v) is 18.9. The van der Waals surface area contributed by atoms with Crippen LogP contribution in [-0.2, 0) is 19.6 Å². The lowest BCUT2D eigenvalue weighted by Gasteiger charge is -2.29. The van der Waals surface area contributed by atoms with Gasteiger partial charge in [0.25, 0.3) is 10.0 Å². The number of amides is 1. The molecule has 32 heavy (non-hydrogen) atoms. The Balaban J connectivity index is 1.41. The van der Waals surface area contributed by atoms with Gasteiger partial charge >= 0.3 is 5.97 Å². The Morgan fingerprint density at radius 1 is 1.09 bits per heavy atom. The highest BCUT2D eigenvalue weighted by Gasteiger charge is 2.34. The Labute approximate surface area is 188 Å². The third-order valence-corrected chi connectivity index (χ3v) is 7.01. The van der Waals surface area contributed by atoms with Gasteiger partial charge in [0, 0.05) is 37.8 Å². The van der Waals surface area contributed by atoms with Crippen LogP contribution in [0.3, 0.4) is 0 Å². The number of hydrogen-bond donors (Lipinski definition) is 2. The highest BCUT2D eigenvalue weighted by Crippen LogP contribution is 2.25. The van der Waals surface area contributed by atoms with Gasteiger partial charge in [0.1, 0.15) is 0 Å². The summed E-state index contributed by atoms with van der Waals surface area (Å²) < 4.78 is 36.9. The van der Waals surface area contributed by atoms with E-state index in [4.69, 9.17) is 9.15 Å². The van der Waals surface area contributed by atoms with Crippen molar-refractivity contribution in [2.75, 3.05) is 38.1 Å². The van der Waals surface area contributed by atoms with Crippen molar-refractivity contribution >= 4 is 27.6 Å². The second-order valence-corrected chi connectivity index (χ2v) is 9.32. The Hall–Kier alpha value is -2.85. The number of nitrogens with zero attached hydrogens (tertiary/aromatic N) is 1. The van der Waals surface area contributed by atoms with Crippen molar-refractivity contribution in [3.05, 3.63) is 48.2 Å². The molecular formula is C22H29N3O6S. The monoisotopic (exact) mass is 463 g/mol. The molecule has 174 valence electrons. The van der Waals surface area contributed by atoms with Crippen LogP contribution in [0.1, 0.15) is 36.7 Å². The number of benzene rings is 1. The average Bonchev–Trinajstić information content (AvgIpc) is 3.31. The number of carbonyl (C=O) groups is 2. The Bertz CT molecular complexity index is 998. The molecule has 0 unspecified atom stereocenters. The van der Waals surface area contributed by atoms with E-state index in [0.717, 1.165) is 18.7 Å². The summed E-state index contributed by atoms with van der Waals surface area (Å²) in [5.41, 5.74) is 1.04. The molecule has 0 saturated carbocycles. The number of esters is 1. The van der Waals surface area contributed by atoms with Gasteiger partial charge in [-0.1, -0.05) is 18.2 Å². The van der Waals surface area contributed by atoms with Gasteiger partial charge in [0.2, 0.25) is 16.8 Å². The molecule has 10 heteroatoms. The van der Waals surface area contributed by atoms with Crippen molar-refractivity contribution < 1.29 is 27.2 Å². The van der Waals surface area contributed by atoms with Crippen molar-refractivity contribution in [3.8, 4) is 0 Å². The van der Waals surface area contributed by atoms with Gasteiger partial charge in [-0.3, -0.25) is 4.79 Å². The SMILES string of the molecule is CCOC(=O)c1ccc(S(=O)(=O)N2CCC(C(=O)NCCCNc3ccccc3)CC2)o1. The molecule has 1 saturated heterocycles. The topological polar surface area (TPSA) is 118 Å². The summed E-state index contributed by atoms with van der Waals surface area (Å²) >= 11 is 0. The first-order valence-electron chi connectivity index (χ1n) is 10.8. The number of ether oxygens (including phenoxy) is 1. The molecule has 1 aliphatic heterocycles. The molecule has 0 spiro atoms. The third kappa shape index (κ3) is 6.10. The van der Waals surface area contributed by atoms with Crippen LogP contribution in [0.25, 0.3) is 0 Å². The summed E-state index contributed by atoms with van der Waals surface area (Å²) in [5.74, 6) is -1.13. The van der Waals surface area contributed by atoms with Crippen LogP contribution in [-0.4, -0.2) is 57.4 Å². The summed E-state index contributed by atoms with van der Waals surface area (Å²) in [6, 6.07) is 12.4. The number of nitrogens with one attached hydrogen (secondary N) is 2. The summed E-state index contributed by atoms with van der Waals surface area (Å²) in [6.07, 6.45) is 1.65. The zero-order valence-electron chi connectivity index (χ0n) is 18.1. The van der Waals surface area contributed by atoms with Crippen LogP contribution in [0.15, 0.2) is 52.0 Å². The zero-order chi connectivity index (χ0) is 23.0. The van der Waals surface area contributed by atoms with Crippen molar-refractivity contribution in [1.82, 2.24) is 9.62 Å². The minimum atomic E-state index is -3.87. The number of rotatable bonds is 10. The van der Waals surface area contributed by atoms with Crippen molar-refractivity contribution in [3.63, 3.8) is 0 Å². The van der Waals surface area contributed by atoms with Gasteiger partial charge in [0.05, 0.1) is 6.61 Å². The summed E-state index contributed by atoms with van der Waals surface area (Å²) in [4.78, 5) is 24.1. The predicted octanol–water partition coefficient (Wildman–Crippen LogP) is 2.48. The van der Waals surface area contributed by atoms with Crippen LogP contribution in [0.4, 0.5) is 5.69 Å². The first-order chi connectivity index (χ1) is 15.4. The molecule has 0 atom stereocenters. The number of piperidine rings is 1. The minimum Gasteiger partial charge on any atom is -0.460 e. The molecule has 1 amide bonds. The molecule has 2 N–H and O–H groups in total. The Morgan fingerprint density at radius 2 is 1.81 bits per heavy atom. The number of furan rings is 1. The molecule has 2 heterocycles. The van der Waals surface area contributed by atoms with E-state index in [-0.39, 0.29) is 42.4 Å². The predicted molar refractivity (Wildman–Crippen MR) is 119 cm³/mol. The third-order valence-electron chi connectivity index (χ3n) is 5.23.